The van der Waals surface area contributed by atoms with E-state index in [2.05, 4.69) is 32.0 Å². The Morgan fingerprint density at radius 2 is 1.39 bits per heavy atom. The van der Waals surface area contributed by atoms with Crippen molar-refractivity contribution in [3.8, 4) is 22.6 Å². The van der Waals surface area contributed by atoms with E-state index in [0.29, 0.717) is 17.2 Å². The zero-order valence-electron chi connectivity index (χ0n) is 21.8. The zero-order chi connectivity index (χ0) is 24.9. The van der Waals surface area contributed by atoms with Gasteiger partial charge in [0.05, 0.1) is 5.56 Å². The normalized spacial score (nSPS) is 12.5. The Bertz CT molecular complexity index is 1140. The standard InChI is InChI=1S/C30H38O3/c1-17(2)20-12-11-18(3)26-22(14-20)19(4)13-23(26)28(32)33-21-15-24(29(5,6)7)27(31)25(16-21)30(8,9)10/h11-17,31H,1-10H3. The number of rotatable bonds is 3. The largest absolute Gasteiger partial charge is 0.507 e. The SMILES string of the molecule is Cc1cc(C(=O)Oc2cc(C(C)(C)C)c(O)c(C(C)(C)C)c2)c2c(C)ccc(C(C)C)cc1-2. The second kappa shape index (κ2) is 8.52. The molecule has 0 aromatic heterocycles. The zero-order valence-corrected chi connectivity index (χ0v) is 21.8. The highest BCUT2D eigenvalue weighted by Crippen LogP contribution is 2.42. The monoisotopic (exact) mass is 446 g/mol. The molecule has 0 unspecified atom stereocenters. The quantitative estimate of drug-likeness (QED) is 0.327. The van der Waals surface area contributed by atoms with Crippen molar-refractivity contribution in [3.63, 3.8) is 0 Å². The molecule has 176 valence electrons. The van der Waals surface area contributed by atoms with Crippen molar-refractivity contribution in [2.75, 3.05) is 0 Å². The topological polar surface area (TPSA) is 46.5 Å². The van der Waals surface area contributed by atoms with Gasteiger partial charge in [-0.25, -0.2) is 4.79 Å². The molecule has 0 saturated carbocycles. The molecule has 0 heterocycles. The summed E-state index contributed by atoms with van der Waals surface area (Å²) >= 11 is 0. The fraction of sp³-hybridized carbons (Fsp3) is 0.433. The third kappa shape index (κ3) is 4.93. The first-order valence-corrected chi connectivity index (χ1v) is 11.7. The van der Waals surface area contributed by atoms with E-state index in [1.54, 1.807) is 12.1 Å². The maximum atomic E-state index is 13.4. The van der Waals surface area contributed by atoms with Crippen molar-refractivity contribution in [3.05, 3.63) is 69.8 Å². The fourth-order valence-corrected chi connectivity index (χ4v) is 4.33. The number of phenolic OH excluding ortho intramolecular Hbond substituents is 1. The number of hydrogen-bond donors (Lipinski definition) is 1. The minimum Gasteiger partial charge on any atom is -0.507 e. The predicted molar refractivity (Wildman–Crippen MR) is 137 cm³/mol. The lowest BCUT2D eigenvalue weighted by Crippen LogP contribution is -2.18. The minimum absolute atomic E-state index is 0.272. The average Bonchev–Trinajstić information content (AvgIpc) is 2.89. The molecule has 0 amide bonds. The van der Waals surface area contributed by atoms with Crippen LogP contribution in [0.1, 0.15) is 99.5 Å². The van der Waals surface area contributed by atoms with Crippen LogP contribution in [-0.4, -0.2) is 11.1 Å². The number of hydrogen-bond acceptors (Lipinski definition) is 3. The van der Waals surface area contributed by atoms with Gasteiger partial charge in [-0.05, 0) is 76.6 Å². The maximum absolute atomic E-state index is 13.4. The molecule has 0 radical (unpaired) electrons. The van der Waals surface area contributed by atoms with Crippen LogP contribution >= 0.6 is 0 Å². The van der Waals surface area contributed by atoms with E-state index in [1.807, 2.05) is 61.5 Å². The molecule has 2 aliphatic carbocycles. The first kappa shape index (κ1) is 24.8. The number of aryl methyl sites for hydroxylation is 2. The number of fused-ring (bicyclic) bond motifs is 1. The summed E-state index contributed by atoms with van der Waals surface area (Å²) in [6.07, 6.45) is 0. The van der Waals surface area contributed by atoms with Crippen molar-refractivity contribution in [1.29, 1.82) is 0 Å². The molecule has 0 saturated heterocycles. The number of ether oxygens (including phenoxy) is 1. The number of esters is 1. The molecule has 3 heteroatoms. The summed E-state index contributed by atoms with van der Waals surface area (Å²) in [7, 11) is 0. The number of phenols is 1. The van der Waals surface area contributed by atoms with Gasteiger partial charge >= 0.3 is 5.97 Å². The summed E-state index contributed by atoms with van der Waals surface area (Å²) in [4.78, 5) is 13.4. The van der Waals surface area contributed by atoms with Gasteiger partial charge in [0.2, 0.25) is 0 Å². The van der Waals surface area contributed by atoms with Gasteiger partial charge in [-0.3, -0.25) is 0 Å². The van der Waals surface area contributed by atoms with Gasteiger partial charge in [0.25, 0.3) is 0 Å². The van der Waals surface area contributed by atoms with Gasteiger partial charge < -0.3 is 9.84 Å². The van der Waals surface area contributed by atoms with Crippen LogP contribution in [0.5, 0.6) is 11.5 Å². The second-order valence-electron chi connectivity index (χ2n) is 11.6. The lowest BCUT2D eigenvalue weighted by atomic mass is 9.79. The van der Waals surface area contributed by atoms with E-state index < -0.39 is 0 Å². The van der Waals surface area contributed by atoms with Crippen molar-refractivity contribution in [2.24, 2.45) is 0 Å². The highest BCUT2D eigenvalue weighted by molar-refractivity contribution is 6.02. The van der Waals surface area contributed by atoms with Crippen molar-refractivity contribution < 1.29 is 14.6 Å². The summed E-state index contributed by atoms with van der Waals surface area (Å²) in [5, 5.41) is 11.0. The fourth-order valence-electron chi connectivity index (χ4n) is 4.33. The molecule has 0 atom stereocenters. The Morgan fingerprint density at radius 1 is 0.848 bits per heavy atom. The van der Waals surface area contributed by atoms with Gasteiger partial charge in [0.15, 0.2) is 0 Å². The number of carbonyl (C=O) groups is 1. The smallest absolute Gasteiger partial charge is 0.344 e. The van der Waals surface area contributed by atoms with Crippen LogP contribution in [0.25, 0.3) is 11.1 Å². The van der Waals surface area contributed by atoms with Gasteiger partial charge in [-0.2, -0.15) is 0 Å². The molecule has 0 fully saturated rings. The van der Waals surface area contributed by atoms with Crippen molar-refractivity contribution in [2.45, 2.75) is 86.0 Å². The van der Waals surface area contributed by atoms with Crippen LogP contribution < -0.4 is 4.74 Å². The molecular weight excluding hydrogens is 408 g/mol. The summed E-state index contributed by atoms with van der Waals surface area (Å²) in [6, 6.07) is 11.9. The number of benzene rings is 1. The van der Waals surface area contributed by atoms with Gasteiger partial charge in [0, 0.05) is 11.1 Å². The minimum atomic E-state index is -0.376. The van der Waals surface area contributed by atoms with Crippen molar-refractivity contribution >= 4 is 5.97 Å². The molecule has 0 aliphatic heterocycles. The van der Waals surface area contributed by atoms with E-state index in [1.165, 1.54) is 5.56 Å². The first-order valence-electron chi connectivity index (χ1n) is 11.7. The summed E-state index contributed by atoms with van der Waals surface area (Å²) < 4.78 is 5.96. The van der Waals surface area contributed by atoms with Gasteiger partial charge in [-0.1, -0.05) is 73.6 Å². The second-order valence-corrected chi connectivity index (χ2v) is 11.6. The predicted octanol–water partition coefficient (Wildman–Crippen LogP) is 8.05. The molecule has 0 bridgehead atoms. The summed E-state index contributed by atoms with van der Waals surface area (Å²) in [6.45, 7) is 20.7. The molecule has 1 aromatic carbocycles. The third-order valence-corrected chi connectivity index (χ3v) is 6.35. The molecular formula is C30H38O3. The molecule has 0 spiro atoms. The van der Waals surface area contributed by atoms with Crippen LogP contribution in [0.15, 0.2) is 36.4 Å². The summed E-state index contributed by atoms with van der Waals surface area (Å²) in [5.41, 5.74) is 6.90. The molecule has 3 rings (SSSR count). The Morgan fingerprint density at radius 3 is 1.88 bits per heavy atom. The number of aromatic hydroxyl groups is 1. The average molecular weight is 447 g/mol. The maximum Gasteiger partial charge on any atom is 0.344 e. The Kier molecular flexibility index (Phi) is 6.41. The van der Waals surface area contributed by atoms with E-state index in [4.69, 9.17) is 4.74 Å². The van der Waals surface area contributed by atoms with Crippen LogP contribution in [0.4, 0.5) is 0 Å². The van der Waals surface area contributed by atoms with E-state index in [0.717, 1.165) is 33.4 Å². The lowest BCUT2D eigenvalue weighted by Gasteiger charge is -2.28. The highest BCUT2D eigenvalue weighted by atomic mass is 16.5. The van der Waals surface area contributed by atoms with Crippen LogP contribution in [0.2, 0.25) is 0 Å². The Hall–Kier alpha value is -2.81. The highest BCUT2D eigenvalue weighted by Gasteiger charge is 2.28. The molecule has 1 aromatic rings. The molecule has 2 aliphatic rings. The summed E-state index contributed by atoms with van der Waals surface area (Å²) in [5.74, 6) is 0.751. The van der Waals surface area contributed by atoms with Crippen LogP contribution in [0.3, 0.4) is 0 Å². The molecule has 3 nitrogen and oxygen atoms in total. The van der Waals surface area contributed by atoms with Crippen LogP contribution in [-0.2, 0) is 10.8 Å². The van der Waals surface area contributed by atoms with Gasteiger partial charge in [0.1, 0.15) is 11.5 Å². The molecule has 33 heavy (non-hydrogen) atoms. The third-order valence-electron chi connectivity index (χ3n) is 6.35. The first-order chi connectivity index (χ1) is 15.1. The van der Waals surface area contributed by atoms with E-state index >= 15 is 0 Å². The van der Waals surface area contributed by atoms with Gasteiger partial charge in [-0.15, -0.1) is 0 Å². The van der Waals surface area contributed by atoms with Crippen molar-refractivity contribution in [1.82, 2.24) is 0 Å². The Labute approximate surface area is 199 Å². The number of carbonyl (C=O) groups excluding carboxylic acids is 1. The lowest BCUT2D eigenvalue weighted by molar-refractivity contribution is 0.0735. The van der Waals surface area contributed by atoms with Crippen LogP contribution in [0, 0.1) is 13.8 Å². The van der Waals surface area contributed by atoms with E-state index in [-0.39, 0.29) is 22.5 Å². The molecule has 1 N–H and O–H groups in total. The Balaban J connectivity index is 2.11. The van der Waals surface area contributed by atoms with E-state index in [9.17, 15) is 9.90 Å².